The number of aromatic nitrogens is 1. The van der Waals surface area contributed by atoms with E-state index in [9.17, 15) is 4.79 Å². The van der Waals surface area contributed by atoms with E-state index in [2.05, 4.69) is 37.7 Å². The van der Waals surface area contributed by atoms with Crippen LogP contribution in [-0.4, -0.2) is 74.2 Å². The number of nitrogens with zero attached hydrogens (tertiary/aromatic N) is 3. The van der Waals surface area contributed by atoms with Crippen molar-refractivity contribution in [2.45, 2.75) is 77.4 Å². The fourth-order valence-corrected chi connectivity index (χ4v) is 6.30. The van der Waals surface area contributed by atoms with Crippen molar-refractivity contribution in [3.8, 4) is 22.6 Å². The third-order valence-corrected chi connectivity index (χ3v) is 8.47. The van der Waals surface area contributed by atoms with Gasteiger partial charge in [0.2, 0.25) is 0 Å². The standard InChI is InChI=1S/C30H41N3O5/c1-18-16-33(17-19(2)36-18)26-13-8-21(15-31-26)25-14-24(29(34)35-7)20(3)27-28(25)38-30(4,37-27)22-9-11-23(12-10-22)32(5)6/h8,13-15,18-19,22-23H,9-12,16-17H2,1-7H3/t18-,19+,22?,23?,30?. The van der Waals surface area contributed by atoms with Gasteiger partial charge in [0.25, 0.3) is 5.79 Å². The van der Waals surface area contributed by atoms with Gasteiger partial charge in [-0.2, -0.15) is 0 Å². The van der Waals surface area contributed by atoms with Gasteiger partial charge in [-0.1, -0.05) is 0 Å². The molecule has 0 bridgehead atoms. The van der Waals surface area contributed by atoms with Crippen molar-refractivity contribution in [3.63, 3.8) is 0 Å². The van der Waals surface area contributed by atoms with Crippen LogP contribution in [0.25, 0.3) is 11.1 Å². The Morgan fingerprint density at radius 3 is 2.32 bits per heavy atom. The number of carbonyl (C=O) groups excluding carboxylic acids is 1. The zero-order valence-corrected chi connectivity index (χ0v) is 23.7. The first kappa shape index (κ1) is 26.8. The van der Waals surface area contributed by atoms with E-state index < -0.39 is 11.8 Å². The maximum Gasteiger partial charge on any atom is 0.338 e. The minimum absolute atomic E-state index is 0.152. The molecule has 1 aromatic carbocycles. The predicted molar refractivity (Wildman–Crippen MR) is 147 cm³/mol. The molecule has 1 saturated heterocycles. The molecule has 1 unspecified atom stereocenters. The van der Waals surface area contributed by atoms with Crippen molar-refractivity contribution >= 4 is 11.8 Å². The van der Waals surface area contributed by atoms with Crippen LogP contribution >= 0.6 is 0 Å². The molecule has 0 N–H and O–H groups in total. The minimum atomic E-state index is -0.790. The zero-order chi connectivity index (χ0) is 27.2. The second-order valence-corrected chi connectivity index (χ2v) is 11.5. The van der Waals surface area contributed by atoms with Crippen molar-refractivity contribution in [2.75, 3.05) is 39.2 Å². The van der Waals surface area contributed by atoms with Gasteiger partial charge in [-0.25, -0.2) is 9.78 Å². The van der Waals surface area contributed by atoms with Crippen LogP contribution in [0.3, 0.4) is 0 Å². The highest BCUT2D eigenvalue weighted by molar-refractivity contribution is 5.95. The number of esters is 1. The number of fused-ring (bicyclic) bond motifs is 1. The number of morpholine rings is 1. The van der Waals surface area contributed by atoms with Crippen LogP contribution in [0.4, 0.5) is 5.82 Å². The van der Waals surface area contributed by atoms with E-state index in [1.54, 1.807) is 0 Å². The first-order valence-corrected chi connectivity index (χ1v) is 13.8. The lowest BCUT2D eigenvalue weighted by atomic mass is 9.81. The Hall–Kier alpha value is -2.84. The van der Waals surface area contributed by atoms with Gasteiger partial charge in [0, 0.05) is 54.9 Å². The quantitative estimate of drug-likeness (QED) is 0.504. The van der Waals surface area contributed by atoms with Gasteiger partial charge in [0.05, 0.1) is 24.9 Å². The molecule has 38 heavy (non-hydrogen) atoms. The highest BCUT2D eigenvalue weighted by Crippen LogP contribution is 2.53. The average Bonchev–Trinajstić information content (AvgIpc) is 3.27. The monoisotopic (exact) mass is 523 g/mol. The Kier molecular flexibility index (Phi) is 7.31. The number of pyridine rings is 1. The Bertz CT molecular complexity index is 1170. The Labute approximate surface area is 226 Å². The average molecular weight is 524 g/mol. The zero-order valence-electron chi connectivity index (χ0n) is 23.7. The second kappa shape index (κ2) is 10.4. The largest absolute Gasteiger partial charge is 0.465 e. The van der Waals surface area contributed by atoms with Crippen molar-refractivity contribution in [3.05, 3.63) is 35.5 Å². The molecule has 3 heterocycles. The molecule has 3 aliphatic rings. The minimum Gasteiger partial charge on any atom is -0.465 e. The molecule has 2 aliphatic heterocycles. The molecule has 3 atom stereocenters. The van der Waals surface area contributed by atoms with Crippen LogP contribution in [0.5, 0.6) is 11.5 Å². The molecular weight excluding hydrogens is 482 g/mol. The van der Waals surface area contributed by atoms with Gasteiger partial charge >= 0.3 is 5.97 Å². The van der Waals surface area contributed by atoms with Gasteiger partial charge in [-0.15, -0.1) is 0 Å². The molecule has 2 fully saturated rings. The molecule has 8 nitrogen and oxygen atoms in total. The molecule has 0 spiro atoms. The van der Waals surface area contributed by atoms with E-state index in [4.69, 9.17) is 23.9 Å². The van der Waals surface area contributed by atoms with Crippen molar-refractivity contribution in [1.82, 2.24) is 9.88 Å². The number of anilines is 1. The summed E-state index contributed by atoms with van der Waals surface area (Å²) in [6, 6.07) is 6.51. The van der Waals surface area contributed by atoms with Gasteiger partial charge in [0.15, 0.2) is 11.5 Å². The molecule has 1 saturated carbocycles. The normalized spacial score (nSPS) is 29.0. The molecule has 5 rings (SSSR count). The highest BCUT2D eigenvalue weighted by atomic mass is 16.7. The summed E-state index contributed by atoms with van der Waals surface area (Å²) >= 11 is 0. The number of hydrogen-bond acceptors (Lipinski definition) is 8. The van der Waals surface area contributed by atoms with Crippen LogP contribution in [0.2, 0.25) is 0 Å². The second-order valence-electron chi connectivity index (χ2n) is 11.5. The van der Waals surface area contributed by atoms with E-state index in [0.717, 1.165) is 61.3 Å². The first-order valence-electron chi connectivity index (χ1n) is 13.8. The predicted octanol–water partition coefficient (Wildman–Crippen LogP) is 5.07. The number of carbonyl (C=O) groups is 1. The van der Waals surface area contributed by atoms with Crippen molar-refractivity contribution in [2.24, 2.45) is 5.92 Å². The first-order chi connectivity index (χ1) is 18.1. The molecular formula is C30H41N3O5. The number of ether oxygens (including phenoxy) is 4. The molecule has 2 aromatic rings. The molecule has 0 amide bonds. The van der Waals surface area contributed by atoms with Crippen LogP contribution in [0.1, 0.15) is 62.4 Å². The molecule has 0 radical (unpaired) electrons. The smallest absolute Gasteiger partial charge is 0.338 e. The summed E-state index contributed by atoms with van der Waals surface area (Å²) in [5.74, 6) is 1.28. The molecule has 1 aromatic heterocycles. The third-order valence-electron chi connectivity index (χ3n) is 8.47. The fourth-order valence-electron chi connectivity index (χ4n) is 6.30. The van der Waals surface area contributed by atoms with Crippen molar-refractivity contribution < 1.29 is 23.7 Å². The fraction of sp³-hybridized carbons (Fsp3) is 0.600. The Balaban J connectivity index is 1.47. The summed E-state index contributed by atoms with van der Waals surface area (Å²) in [4.78, 5) is 22.1. The van der Waals surface area contributed by atoms with Gasteiger partial charge in [-0.05, 0) is 78.7 Å². The molecule has 8 heteroatoms. The maximum absolute atomic E-state index is 12.7. The van der Waals surface area contributed by atoms with E-state index in [1.807, 2.05) is 38.2 Å². The van der Waals surface area contributed by atoms with Crippen molar-refractivity contribution in [1.29, 1.82) is 0 Å². The summed E-state index contributed by atoms with van der Waals surface area (Å²) in [6.07, 6.45) is 6.43. The number of methoxy groups -OCH3 is 1. The van der Waals surface area contributed by atoms with Gasteiger partial charge < -0.3 is 28.7 Å². The Morgan fingerprint density at radius 2 is 1.74 bits per heavy atom. The molecule has 1 aliphatic carbocycles. The SMILES string of the molecule is COC(=O)c1cc(-c2ccc(N3C[C@@H](C)O[C@@H](C)C3)nc2)c2c(c1C)OC(C)(C1CCC(N(C)C)CC1)O2. The summed E-state index contributed by atoms with van der Waals surface area (Å²) in [5, 5.41) is 0. The Morgan fingerprint density at radius 1 is 1.08 bits per heavy atom. The van der Waals surface area contributed by atoms with Gasteiger partial charge in [-0.3, -0.25) is 0 Å². The summed E-state index contributed by atoms with van der Waals surface area (Å²) < 4.78 is 24.3. The number of benzene rings is 1. The van der Waals surface area contributed by atoms with E-state index in [1.165, 1.54) is 7.11 Å². The lowest BCUT2D eigenvalue weighted by Gasteiger charge is -2.39. The summed E-state index contributed by atoms with van der Waals surface area (Å²) in [5.41, 5.74) is 2.88. The third kappa shape index (κ3) is 4.96. The summed E-state index contributed by atoms with van der Waals surface area (Å²) in [7, 11) is 5.70. The number of hydrogen-bond donors (Lipinski definition) is 0. The van der Waals surface area contributed by atoms with Crippen LogP contribution in [0, 0.1) is 12.8 Å². The maximum atomic E-state index is 12.7. The molecule has 206 valence electrons. The van der Waals surface area contributed by atoms with Crippen LogP contribution in [0.15, 0.2) is 24.4 Å². The highest BCUT2D eigenvalue weighted by Gasteiger charge is 2.47. The van der Waals surface area contributed by atoms with E-state index >= 15 is 0 Å². The topological polar surface area (TPSA) is 73.4 Å². The van der Waals surface area contributed by atoms with E-state index in [0.29, 0.717) is 23.1 Å². The summed E-state index contributed by atoms with van der Waals surface area (Å²) in [6.45, 7) is 9.71. The lowest BCUT2D eigenvalue weighted by molar-refractivity contribution is -0.123. The van der Waals surface area contributed by atoms with Gasteiger partial charge in [0.1, 0.15) is 5.82 Å². The van der Waals surface area contributed by atoms with Crippen LogP contribution in [-0.2, 0) is 9.47 Å². The lowest BCUT2D eigenvalue weighted by Crippen LogP contribution is -2.46. The number of rotatable bonds is 5. The van der Waals surface area contributed by atoms with Crippen LogP contribution < -0.4 is 14.4 Å². The van der Waals surface area contributed by atoms with E-state index in [-0.39, 0.29) is 18.1 Å².